The molecule has 8 heteroatoms. The molecular formula is C22H24O8. The van der Waals surface area contributed by atoms with Gasteiger partial charge >= 0.3 is 11.6 Å². The molecule has 1 aromatic carbocycles. The average molecular weight is 416 g/mol. The number of allylic oxidation sites excluding steroid dienone is 1. The number of furan rings is 1. The summed E-state index contributed by atoms with van der Waals surface area (Å²) in [6, 6.07) is 4.51. The molecule has 2 aromatic heterocycles. The summed E-state index contributed by atoms with van der Waals surface area (Å²) in [6.07, 6.45) is 2.12. The van der Waals surface area contributed by atoms with Gasteiger partial charge in [-0.15, -0.1) is 0 Å². The van der Waals surface area contributed by atoms with Crippen LogP contribution in [0.25, 0.3) is 21.9 Å². The highest BCUT2D eigenvalue weighted by molar-refractivity contribution is 6.06. The molecule has 1 N–H and O–H groups in total. The van der Waals surface area contributed by atoms with E-state index in [1.54, 1.807) is 32.1 Å². The molecule has 1 atom stereocenters. The Bertz CT molecular complexity index is 1160. The third-order valence-electron chi connectivity index (χ3n) is 4.78. The lowest BCUT2D eigenvalue weighted by atomic mass is 10.0. The standard InChI is InChI=1S/C22H24O8/c1-6-12(2)21(24)29-15(22(3,4)25)11-28-17-13-7-8-16(23)30-19(13)20(26-5)18-14(17)9-10-27-18/h6-10,15,25H,11H2,1-5H3/t15-/m0/s1. The number of rotatable bonds is 7. The number of benzene rings is 1. The Morgan fingerprint density at radius 1 is 1.20 bits per heavy atom. The third-order valence-corrected chi connectivity index (χ3v) is 4.78. The van der Waals surface area contributed by atoms with Crippen molar-refractivity contribution >= 4 is 27.9 Å². The Morgan fingerprint density at radius 2 is 1.90 bits per heavy atom. The highest BCUT2D eigenvalue weighted by Crippen LogP contribution is 2.42. The van der Waals surface area contributed by atoms with Crippen molar-refractivity contribution in [2.75, 3.05) is 13.7 Å². The highest BCUT2D eigenvalue weighted by Gasteiger charge is 2.32. The fraction of sp³-hybridized carbons (Fsp3) is 0.364. The fourth-order valence-electron chi connectivity index (χ4n) is 2.90. The van der Waals surface area contributed by atoms with E-state index in [-0.39, 0.29) is 17.9 Å². The molecule has 0 aliphatic heterocycles. The van der Waals surface area contributed by atoms with Crippen molar-refractivity contribution in [3.8, 4) is 11.5 Å². The van der Waals surface area contributed by atoms with Gasteiger partial charge in [0.05, 0.1) is 29.7 Å². The van der Waals surface area contributed by atoms with Crippen molar-refractivity contribution < 1.29 is 32.9 Å². The molecule has 3 rings (SSSR count). The van der Waals surface area contributed by atoms with Crippen LogP contribution in [0, 0.1) is 0 Å². The van der Waals surface area contributed by atoms with Crippen LogP contribution in [0.1, 0.15) is 27.7 Å². The zero-order valence-electron chi connectivity index (χ0n) is 17.5. The van der Waals surface area contributed by atoms with E-state index < -0.39 is 23.3 Å². The van der Waals surface area contributed by atoms with Crippen LogP contribution in [-0.4, -0.2) is 36.5 Å². The van der Waals surface area contributed by atoms with Crippen molar-refractivity contribution in [2.24, 2.45) is 0 Å². The predicted molar refractivity (Wildman–Crippen MR) is 110 cm³/mol. The van der Waals surface area contributed by atoms with E-state index in [4.69, 9.17) is 23.0 Å². The number of aliphatic hydroxyl groups is 1. The maximum Gasteiger partial charge on any atom is 0.336 e. The van der Waals surface area contributed by atoms with Crippen molar-refractivity contribution in [3.63, 3.8) is 0 Å². The molecule has 0 spiro atoms. The lowest BCUT2D eigenvalue weighted by molar-refractivity contribution is -0.160. The summed E-state index contributed by atoms with van der Waals surface area (Å²) in [6.45, 7) is 6.25. The maximum atomic E-state index is 12.2. The first-order valence-electron chi connectivity index (χ1n) is 9.37. The lowest BCUT2D eigenvalue weighted by Gasteiger charge is -2.29. The SMILES string of the molecule is CC=C(C)C(=O)O[C@@H](COc1c2ccoc2c(OC)c2oc(=O)ccc12)C(C)(C)O. The summed E-state index contributed by atoms with van der Waals surface area (Å²) in [5.74, 6) is 0.0721. The molecule has 30 heavy (non-hydrogen) atoms. The molecule has 0 unspecified atom stereocenters. The quantitative estimate of drug-likeness (QED) is 0.354. The van der Waals surface area contributed by atoms with Gasteiger partial charge in [0, 0.05) is 11.6 Å². The molecule has 0 aliphatic carbocycles. The summed E-state index contributed by atoms with van der Waals surface area (Å²) in [4.78, 5) is 24.0. The van der Waals surface area contributed by atoms with E-state index in [9.17, 15) is 14.7 Å². The molecule has 0 fully saturated rings. The highest BCUT2D eigenvalue weighted by atomic mass is 16.6. The minimum atomic E-state index is -1.37. The van der Waals surface area contributed by atoms with Crippen molar-refractivity contribution in [2.45, 2.75) is 39.4 Å². The largest absolute Gasteiger partial charge is 0.490 e. The van der Waals surface area contributed by atoms with Crippen LogP contribution in [0.15, 0.2) is 49.7 Å². The normalized spacial score (nSPS) is 13.5. The average Bonchev–Trinajstić information content (AvgIpc) is 3.17. The van der Waals surface area contributed by atoms with E-state index >= 15 is 0 Å². The van der Waals surface area contributed by atoms with Gasteiger partial charge in [0.1, 0.15) is 12.4 Å². The van der Waals surface area contributed by atoms with Gasteiger partial charge in [-0.3, -0.25) is 0 Å². The molecule has 3 aromatic rings. The lowest BCUT2D eigenvalue weighted by Crippen LogP contribution is -2.44. The molecule has 0 amide bonds. The van der Waals surface area contributed by atoms with Gasteiger partial charge in [0.2, 0.25) is 5.75 Å². The van der Waals surface area contributed by atoms with Gasteiger partial charge in [-0.1, -0.05) is 6.08 Å². The fourth-order valence-corrected chi connectivity index (χ4v) is 2.90. The molecule has 0 bridgehead atoms. The molecule has 160 valence electrons. The van der Waals surface area contributed by atoms with Crippen LogP contribution in [0.3, 0.4) is 0 Å². The zero-order chi connectivity index (χ0) is 22.1. The first kappa shape index (κ1) is 21.4. The molecule has 0 radical (unpaired) electrons. The van der Waals surface area contributed by atoms with Crippen LogP contribution >= 0.6 is 0 Å². The first-order valence-corrected chi connectivity index (χ1v) is 9.37. The Kier molecular flexibility index (Phi) is 5.89. The number of hydrogen-bond donors (Lipinski definition) is 1. The van der Waals surface area contributed by atoms with Crippen LogP contribution in [0.4, 0.5) is 0 Å². The van der Waals surface area contributed by atoms with Gasteiger partial charge < -0.3 is 28.2 Å². The van der Waals surface area contributed by atoms with Crippen molar-refractivity contribution in [3.05, 3.63) is 46.5 Å². The molecule has 0 saturated carbocycles. The number of hydrogen-bond acceptors (Lipinski definition) is 8. The van der Waals surface area contributed by atoms with Crippen LogP contribution in [0.2, 0.25) is 0 Å². The van der Waals surface area contributed by atoms with E-state index in [0.717, 1.165) is 0 Å². The van der Waals surface area contributed by atoms with E-state index in [0.29, 0.717) is 27.7 Å². The van der Waals surface area contributed by atoms with Gasteiger partial charge in [-0.2, -0.15) is 0 Å². The van der Waals surface area contributed by atoms with E-state index in [2.05, 4.69) is 0 Å². The summed E-state index contributed by atoms with van der Waals surface area (Å²) < 4.78 is 27.7. The number of carbonyl (C=O) groups is 1. The Balaban J connectivity index is 2.04. The number of esters is 1. The molecule has 0 aliphatic rings. The number of methoxy groups -OCH3 is 1. The molecular weight excluding hydrogens is 392 g/mol. The van der Waals surface area contributed by atoms with Crippen LogP contribution < -0.4 is 15.1 Å². The molecule has 2 heterocycles. The van der Waals surface area contributed by atoms with Crippen LogP contribution in [0.5, 0.6) is 11.5 Å². The summed E-state index contributed by atoms with van der Waals surface area (Å²) in [5, 5.41) is 11.5. The zero-order valence-corrected chi connectivity index (χ0v) is 17.5. The number of fused-ring (bicyclic) bond motifs is 2. The Hall–Kier alpha value is -3.26. The van der Waals surface area contributed by atoms with Crippen molar-refractivity contribution in [1.82, 2.24) is 0 Å². The predicted octanol–water partition coefficient (Wildman–Crippen LogP) is 3.58. The van der Waals surface area contributed by atoms with E-state index in [1.807, 2.05) is 0 Å². The molecule has 0 saturated heterocycles. The summed E-state index contributed by atoms with van der Waals surface area (Å²) >= 11 is 0. The maximum absolute atomic E-state index is 12.2. The first-order chi connectivity index (χ1) is 14.2. The Morgan fingerprint density at radius 3 is 2.53 bits per heavy atom. The second kappa shape index (κ2) is 8.23. The summed E-state index contributed by atoms with van der Waals surface area (Å²) in [7, 11) is 1.44. The summed E-state index contributed by atoms with van der Waals surface area (Å²) in [5.41, 5.74) is -0.991. The third kappa shape index (κ3) is 4.04. The molecule has 8 nitrogen and oxygen atoms in total. The monoisotopic (exact) mass is 416 g/mol. The number of ether oxygens (including phenoxy) is 3. The van der Waals surface area contributed by atoms with Crippen LogP contribution in [-0.2, 0) is 9.53 Å². The van der Waals surface area contributed by atoms with Gasteiger partial charge in [0.25, 0.3) is 0 Å². The smallest absolute Gasteiger partial charge is 0.336 e. The topological polar surface area (TPSA) is 108 Å². The van der Waals surface area contributed by atoms with Gasteiger partial charge in [0.15, 0.2) is 17.3 Å². The second-order valence-electron chi connectivity index (χ2n) is 7.35. The number of carbonyl (C=O) groups excluding carboxylic acids is 1. The van der Waals surface area contributed by atoms with Gasteiger partial charge in [-0.05, 0) is 39.8 Å². The van der Waals surface area contributed by atoms with Crippen molar-refractivity contribution in [1.29, 1.82) is 0 Å². The second-order valence-corrected chi connectivity index (χ2v) is 7.35. The van der Waals surface area contributed by atoms with E-state index in [1.165, 1.54) is 33.3 Å². The van der Waals surface area contributed by atoms with Gasteiger partial charge in [-0.25, -0.2) is 9.59 Å². The minimum absolute atomic E-state index is 0.146. The Labute approximate surface area is 172 Å². The minimum Gasteiger partial charge on any atom is -0.490 e.